The number of rotatable bonds is 2. The van der Waals surface area contributed by atoms with Gasteiger partial charge in [-0.2, -0.15) is 0 Å². The van der Waals surface area contributed by atoms with Gasteiger partial charge in [0.05, 0.1) is 12.2 Å². The molecule has 0 amide bonds. The summed E-state index contributed by atoms with van der Waals surface area (Å²) in [5.74, 6) is 0.777. The lowest BCUT2D eigenvalue weighted by Gasteiger charge is -2.39. The molecule has 0 radical (unpaired) electrons. The first-order valence-corrected chi connectivity index (χ1v) is 9.64. The Hall–Kier alpha value is -0.380. The van der Waals surface area contributed by atoms with Gasteiger partial charge in [0, 0.05) is 28.9 Å². The average molecular weight is 322 g/mol. The van der Waals surface area contributed by atoms with Crippen LogP contribution in [0.25, 0.3) is 0 Å². The molecule has 0 unspecified atom stereocenters. The molecule has 3 rings (SSSR count). The maximum atomic E-state index is 5.89. The Morgan fingerprint density at radius 2 is 1.77 bits per heavy atom. The van der Waals surface area contributed by atoms with Crippen LogP contribution >= 0.6 is 11.3 Å². The molecule has 2 heterocycles. The Morgan fingerprint density at radius 1 is 1.09 bits per heavy atom. The molecular weight excluding hydrogens is 290 g/mol. The zero-order valence-corrected chi connectivity index (χ0v) is 15.6. The minimum Gasteiger partial charge on any atom is -0.373 e. The molecule has 0 bridgehead atoms. The highest BCUT2D eigenvalue weighted by Gasteiger charge is 2.34. The third-order valence-electron chi connectivity index (χ3n) is 5.14. The van der Waals surface area contributed by atoms with Crippen molar-refractivity contribution in [3.05, 3.63) is 21.9 Å². The summed E-state index contributed by atoms with van der Waals surface area (Å²) in [6.07, 6.45) is 4.82. The molecule has 1 aliphatic carbocycles. The molecule has 0 spiro atoms. The van der Waals surface area contributed by atoms with Crippen molar-refractivity contribution < 1.29 is 4.74 Å². The van der Waals surface area contributed by atoms with Crippen LogP contribution in [0.2, 0.25) is 0 Å². The first-order valence-electron chi connectivity index (χ1n) is 8.82. The minimum absolute atomic E-state index is 0.288. The zero-order valence-electron chi connectivity index (χ0n) is 14.8. The largest absolute Gasteiger partial charge is 0.373 e. The molecule has 1 aromatic heterocycles. The summed E-state index contributed by atoms with van der Waals surface area (Å²) in [6, 6.07) is 5.51. The fraction of sp³-hybridized carbons (Fsp3) is 0.789. The topological polar surface area (TPSA) is 12.5 Å². The van der Waals surface area contributed by atoms with Crippen LogP contribution in [0.15, 0.2) is 12.1 Å². The Bertz CT molecular complexity index is 494. The summed E-state index contributed by atoms with van der Waals surface area (Å²) in [6.45, 7) is 13.6. The van der Waals surface area contributed by atoms with Crippen LogP contribution in [0.3, 0.4) is 0 Å². The van der Waals surface area contributed by atoms with Crippen LogP contribution in [0.4, 0.5) is 0 Å². The number of nitrogens with zero attached hydrogens (tertiary/aromatic N) is 1. The highest BCUT2D eigenvalue weighted by atomic mass is 32.1. The summed E-state index contributed by atoms with van der Waals surface area (Å²) >= 11 is 2.04. The number of hydrogen-bond donors (Lipinski definition) is 0. The van der Waals surface area contributed by atoms with Gasteiger partial charge >= 0.3 is 0 Å². The van der Waals surface area contributed by atoms with Crippen molar-refractivity contribution in [3.8, 4) is 0 Å². The van der Waals surface area contributed by atoms with E-state index in [0.29, 0.717) is 12.2 Å². The van der Waals surface area contributed by atoms with E-state index in [2.05, 4.69) is 51.7 Å². The fourth-order valence-corrected chi connectivity index (χ4v) is 5.25. The third kappa shape index (κ3) is 3.58. The molecule has 3 heteroatoms. The Kier molecular flexibility index (Phi) is 4.69. The molecule has 0 N–H and O–H groups in total. The minimum atomic E-state index is 0.288. The number of hydrogen-bond acceptors (Lipinski definition) is 3. The van der Waals surface area contributed by atoms with Crippen LogP contribution in [0, 0.1) is 0 Å². The summed E-state index contributed by atoms with van der Waals surface area (Å²) in [5, 5.41) is 0. The normalized spacial score (nSPS) is 34.2. The molecule has 0 aromatic carbocycles. The lowest BCUT2D eigenvalue weighted by Crippen LogP contribution is -2.49. The van der Waals surface area contributed by atoms with E-state index >= 15 is 0 Å². The van der Waals surface area contributed by atoms with Crippen LogP contribution in [0.1, 0.15) is 69.6 Å². The van der Waals surface area contributed by atoms with Gasteiger partial charge in [-0.25, -0.2) is 0 Å². The van der Waals surface area contributed by atoms with Crippen molar-refractivity contribution in [2.75, 3.05) is 13.1 Å². The van der Waals surface area contributed by atoms with Gasteiger partial charge in [-0.15, -0.1) is 11.3 Å². The van der Waals surface area contributed by atoms with Crippen molar-refractivity contribution in [2.45, 2.75) is 83.5 Å². The van der Waals surface area contributed by atoms with Crippen molar-refractivity contribution in [1.29, 1.82) is 0 Å². The molecule has 22 heavy (non-hydrogen) atoms. The van der Waals surface area contributed by atoms with Gasteiger partial charge in [0.1, 0.15) is 0 Å². The second kappa shape index (κ2) is 6.26. The fourth-order valence-electron chi connectivity index (χ4n) is 4.04. The van der Waals surface area contributed by atoms with E-state index in [1.165, 1.54) is 24.1 Å². The van der Waals surface area contributed by atoms with Gasteiger partial charge in [-0.3, -0.25) is 4.90 Å². The zero-order chi connectivity index (χ0) is 15.9. The molecule has 2 fully saturated rings. The number of ether oxygens (including phenoxy) is 1. The predicted molar refractivity (Wildman–Crippen MR) is 95.0 cm³/mol. The van der Waals surface area contributed by atoms with E-state index in [4.69, 9.17) is 4.74 Å². The summed E-state index contributed by atoms with van der Waals surface area (Å²) < 4.78 is 5.89. The molecular formula is C19H31NOS. The summed E-state index contributed by atoms with van der Waals surface area (Å²) in [4.78, 5) is 5.83. The molecule has 1 aromatic rings. The maximum Gasteiger partial charge on any atom is 0.0678 e. The highest BCUT2D eigenvalue weighted by Crippen LogP contribution is 2.42. The van der Waals surface area contributed by atoms with E-state index in [1.54, 1.807) is 4.88 Å². The SMILES string of the molecule is C[C@@H]1CN([C@H]2CC[C@@H](c3ccc(C(C)(C)C)s3)C2)C[C@H](C)O1. The Morgan fingerprint density at radius 3 is 2.36 bits per heavy atom. The van der Waals surface area contributed by atoms with E-state index in [9.17, 15) is 0 Å². The molecule has 124 valence electrons. The van der Waals surface area contributed by atoms with Gasteiger partial charge < -0.3 is 4.74 Å². The average Bonchev–Trinajstić information content (AvgIpc) is 3.06. The van der Waals surface area contributed by atoms with Crippen molar-refractivity contribution in [3.63, 3.8) is 0 Å². The Labute approximate surface area is 139 Å². The number of morpholine rings is 1. The predicted octanol–water partition coefficient (Wildman–Crippen LogP) is 4.79. The van der Waals surface area contributed by atoms with Crippen LogP contribution in [0.5, 0.6) is 0 Å². The van der Waals surface area contributed by atoms with Gasteiger partial charge in [0.15, 0.2) is 0 Å². The first-order chi connectivity index (χ1) is 10.3. The standard InChI is InChI=1S/C19H31NOS/c1-13-11-20(12-14(2)21-13)16-7-6-15(10-16)17-8-9-18(22-17)19(3,4)5/h8-9,13-16H,6-7,10-12H2,1-5H3/t13-,14+,15-,16+/m1/s1. The molecule has 2 aliphatic rings. The van der Waals surface area contributed by atoms with E-state index in [0.717, 1.165) is 25.0 Å². The quantitative estimate of drug-likeness (QED) is 0.776. The van der Waals surface area contributed by atoms with Crippen molar-refractivity contribution in [2.24, 2.45) is 0 Å². The lowest BCUT2D eigenvalue weighted by molar-refractivity contribution is -0.0796. The van der Waals surface area contributed by atoms with Crippen LogP contribution < -0.4 is 0 Å². The first kappa shape index (κ1) is 16.5. The number of thiophene rings is 1. The Balaban J connectivity index is 1.63. The van der Waals surface area contributed by atoms with Crippen molar-refractivity contribution >= 4 is 11.3 Å². The van der Waals surface area contributed by atoms with Gasteiger partial charge in [-0.1, -0.05) is 20.8 Å². The highest BCUT2D eigenvalue weighted by molar-refractivity contribution is 7.12. The molecule has 1 saturated carbocycles. The lowest BCUT2D eigenvalue weighted by atomic mass is 9.95. The summed E-state index contributed by atoms with van der Waals surface area (Å²) in [5.41, 5.74) is 0.288. The molecule has 4 atom stereocenters. The van der Waals surface area contributed by atoms with E-state index < -0.39 is 0 Å². The van der Waals surface area contributed by atoms with E-state index in [-0.39, 0.29) is 5.41 Å². The van der Waals surface area contributed by atoms with Gasteiger partial charge in [0.25, 0.3) is 0 Å². The van der Waals surface area contributed by atoms with Gasteiger partial charge in [-0.05, 0) is 56.6 Å². The smallest absolute Gasteiger partial charge is 0.0678 e. The molecule has 2 nitrogen and oxygen atoms in total. The third-order valence-corrected chi connectivity index (χ3v) is 6.81. The second-order valence-electron chi connectivity index (χ2n) is 8.33. The van der Waals surface area contributed by atoms with E-state index in [1.807, 2.05) is 11.3 Å². The summed E-state index contributed by atoms with van der Waals surface area (Å²) in [7, 11) is 0. The van der Waals surface area contributed by atoms with Gasteiger partial charge in [0.2, 0.25) is 0 Å². The second-order valence-corrected chi connectivity index (χ2v) is 9.44. The van der Waals surface area contributed by atoms with Crippen LogP contribution in [-0.2, 0) is 10.2 Å². The molecule has 1 aliphatic heterocycles. The molecule has 1 saturated heterocycles. The van der Waals surface area contributed by atoms with Crippen molar-refractivity contribution in [1.82, 2.24) is 4.90 Å². The monoisotopic (exact) mass is 321 g/mol. The van der Waals surface area contributed by atoms with Crippen LogP contribution in [-0.4, -0.2) is 36.2 Å². The maximum absolute atomic E-state index is 5.89.